The second-order valence-corrected chi connectivity index (χ2v) is 10.2. The molecule has 1 atom stereocenters. The van der Waals surface area contributed by atoms with Crippen molar-refractivity contribution < 1.29 is 19.4 Å². The fourth-order valence-corrected chi connectivity index (χ4v) is 5.48. The number of Topliss-reactive ketones (excluding diaryl/α,β-unsaturated/α-hetero) is 1. The van der Waals surface area contributed by atoms with Gasteiger partial charge < -0.3 is 19.7 Å². The van der Waals surface area contributed by atoms with E-state index in [2.05, 4.69) is 18.8 Å². The van der Waals surface area contributed by atoms with Crippen LogP contribution < -0.4 is 4.74 Å². The second kappa shape index (κ2) is 9.66. The van der Waals surface area contributed by atoms with E-state index in [4.69, 9.17) is 4.74 Å². The lowest BCUT2D eigenvalue weighted by atomic mass is 9.93. The molecule has 36 heavy (non-hydrogen) atoms. The lowest BCUT2D eigenvalue weighted by molar-refractivity contribution is -0.129. The highest BCUT2D eigenvalue weighted by atomic mass is 32.1. The highest BCUT2D eigenvalue weighted by Gasteiger charge is 2.43. The molecule has 1 aliphatic rings. The van der Waals surface area contributed by atoms with Gasteiger partial charge in [0.1, 0.15) is 5.75 Å². The Hall–Kier alpha value is -3.84. The van der Waals surface area contributed by atoms with Crippen molar-refractivity contribution in [2.24, 2.45) is 0 Å². The van der Waals surface area contributed by atoms with Gasteiger partial charge in [-0.15, -0.1) is 11.3 Å². The van der Waals surface area contributed by atoms with Gasteiger partial charge in [0.15, 0.2) is 5.76 Å². The Morgan fingerprint density at radius 2 is 1.94 bits per heavy atom. The minimum atomic E-state index is -0.659. The summed E-state index contributed by atoms with van der Waals surface area (Å²) in [6.07, 6.45) is 2.48. The number of rotatable bonds is 8. The van der Waals surface area contributed by atoms with E-state index >= 15 is 0 Å². The highest BCUT2D eigenvalue weighted by molar-refractivity contribution is 7.12. The SMILES string of the molecule is COc1ccc2[nH]cc(CCN3C(=O)C(O)=C(C(=O)c4cccs4)C3c3ccc(C(C)C)cc3)c2c1. The zero-order chi connectivity index (χ0) is 25.4. The average molecular weight is 501 g/mol. The number of carbonyl (C=O) groups is 2. The van der Waals surface area contributed by atoms with Crippen LogP contribution in [0.3, 0.4) is 0 Å². The maximum atomic E-state index is 13.4. The second-order valence-electron chi connectivity index (χ2n) is 9.27. The number of carbonyl (C=O) groups excluding carboxylic acids is 2. The number of aliphatic hydroxyl groups is 1. The van der Waals surface area contributed by atoms with Crippen LogP contribution >= 0.6 is 11.3 Å². The molecule has 6 nitrogen and oxygen atoms in total. The number of aromatic amines is 1. The predicted molar refractivity (Wildman–Crippen MR) is 142 cm³/mol. The van der Waals surface area contributed by atoms with Gasteiger partial charge in [-0.05, 0) is 58.7 Å². The summed E-state index contributed by atoms with van der Waals surface area (Å²) in [7, 11) is 1.63. The Morgan fingerprint density at radius 1 is 1.17 bits per heavy atom. The van der Waals surface area contributed by atoms with Crippen molar-refractivity contribution in [2.75, 3.05) is 13.7 Å². The molecule has 0 bridgehead atoms. The van der Waals surface area contributed by atoms with E-state index in [9.17, 15) is 14.7 Å². The van der Waals surface area contributed by atoms with Crippen molar-refractivity contribution in [1.82, 2.24) is 9.88 Å². The number of aromatic nitrogens is 1. The number of H-pyrrole nitrogens is 1. The summed E-state index contributed by atoms with van der Waals surface area (Å²) in [6.45, 7) is 4.58. The van der Waals surface area contributed by atoms with Crippen molar-refractivity contribution in [3.63, 3.8) is 0 Å². The molecule has 0 saturated carbocycles. The molecule has 3 heterocycles. The van der Waals surface area contributed by atoms with E-state index in [1.54, 1.807) is 24.1 Å². The Kier molecular flexibility index (Phi) is 6.41. The lowest BCUT2D eigenvalue weighted by Gasteiger charge is -2.27. The fourth-order valence-electron chi connectivity index (χ4n) is 4.80. The van der Waals surface area contributed by atoms with Crippen LogP contribution in [-0.4, -0.2) is 40.3 Å². The maximum Gasteiger partial charge on any atom is 0.290 e. The van der Waals surface area contributed by atoms with Crippen LogP contribution in [0.5, 0.6) is 5.75 Å². The third kappa shape index (κ3) is 4.20. The molecule has 1 aliphatic heterocycles. The first-order valence-electron chi connectivity index (χ1n) is 11.9. The van der Waals surface area contributed by atoms with Gasteiger partial charge in [0.25, 0.3) is 5.91 Å². The summed E-state index contributed by atoms with van der Waals surface area (Å²) in [5.74, 6) is -0.187. The van der Waals surface area contributed by atoms with Crippen LogP contribution in [0.2, 0.25) is 0 Å². The van der Waals surface area contributed by atoms with Crippen molar-refractivity contribution in [1.29, 1.82) is 0 Å². The molecule has 1 amide bonds. The quantitative estimate of drug-likeness (QED) is 0.283. The molecule has 2 aromatic carbocycles. The van der Waals surface area contributed by atoms with Gasteiger partial charge in [0.05, 0.1) is 23.6 Å². The summed E-state index contributed by atoms with van der Waals surface area (Å²) < 4.78 is 5.38. The Morgan fingerprint density at radius 3 is 2.61 bits per heavy atom. The van der Waals surface area contributed by atoms with E-state index in [0.29, 0.717) is 23.8 Å². The molecular formula is C29H28N2O4S. The number of amides is 1. The molecular weight excluding hydrogens is 472 g/mol. The number of ketones is 1. The summed E-state index contributed by atoms with van der Waals surface area (Å²) in [5, 5.41) is 13.8. The number of hydrogen-bond donors (Lipinski definition) is 2. The average Bonchev–Trinajstić information content (AvgIpc) is 3.62. The van der Waals surface area contributed by atoms with Crippen molar-refractivity contribution in [2.45, 2.75) is 32.2 Å². The number of nitrogens with zero attached hydrogens (tertiary/aromatic N) is 1. The zero-order valence-electron chi connectivity index (χ0n) is 20.4. The topological polar surface area (TPSA) is 82.6 Å². The number of benzene rings is 2. The summed E-state index contributed by atoms with van der Waals surface area (Å²) in [6, 6.07) is 16.6. The van der Waals surface area contributed by atoms with Crippen molar-refractivity contribution >= 4 is 33.9 Å². The number of nitrogens with one attached hydrogen (secondary N) is 1. The number of ether oxygens (including phenoxy) is 1. The Bertz CT molecular complexity index is 1450. The zero-order valence-corrected chi connectivity index (χ0v) is 21.3. The molecule has 0 radical (unpaired) electrons. The van der Waals surface area contributed by atoms with Crippen LogP contribution in [0.15, 0.2) is 77.5 Å². The Labute approximate surface area is 213 Å². The third-order valence-electron chi connectivity index (χ3n) is 6.81. The molecule has 4 aromatic rings. The number of hydrogen-bond acceptors (Lipinski definition) is 5. The summed E-state index contributed by atoms with van der Waals surface area (Å²) >= 11 is 1.30. The van der Waals surface area contributed by atoms with E-state index in [0.717, 1.165) is 27.8 Å². The van der Waals surface area contributed by atoms with Crippen LogP contribution in [0.1, 0.15) is 52.2 Å². The number of thiophene rings is 1. The first kappa shape index (κ1) is 23.9. The molecule has 0 aliphatic carbocycles. The first-order chi connectivity index (χ1) is 17.4. The van der Waals surface area contributed by atoms with Gasteiger partial charge >= 0.3 is 0 Å². The molecule has 1 unspecified atom stereocenters. The number of aliphatic hydroxyl groups excluding tert-OH is 1. The smallest absolute Gasteiger partial charge is 0.290 e. The molecule has 7 heteroatoms. The molecule has 2 N–H and O–H groups in total. The number of fused-ring (bicyclic) bond motifs is 1. The highest BCUT2D eigenvalue weighted by Crippen LogP contribution is 2.40. The summed E-state index contributed by atoms with van der Waals surface area (Å²) in [5.41, 5.74) is 4.12. The molecule has 5 rings (SSSR count). The van der Waals surface area contributed by atoms with Gasteiger partial charge in [-0.3, -0.25) is 9.59 Å². The van der Waals surface area contributed by atoms with Gasteiger partial charge in [-0.1, -0.05) is 44.2 Å². The minimum absolute atomic E-state index is 0.139. The van der Waals surface area contributed by atoms with Crippen LogP contribution in [-0.2, 0) is 11.2 Å². The minimum Gasteiger partial charge on any atom is -0.503 e. The molecule has 2 aromatic heterocycles. The van der Waals surface area contributed by atoms with E-state index in [1.165, 1.54) is 16.9 Å². The predicted octanol–water partition coefficient (Wildman–Crippen LogP) is 6.18. The van der Waals surface area contributed by atoms with E-state index < -0.39 is 17.7 Å². The van der Waals surface area contributed by atoms with Crippen LogP contribution in [0.25, 0.3) is 10.9 Å². The van der Waals surface area contributed by atoms with Crippen LogP contribution in [0.4, 0.5) is 0 Å². The van der Waals surface area contributed by atoms with Gasteiger partial charge in [0.2, 0.25) is 5.78 Å². The molecule has 0 saturated heterocycles. The normalized spacial score (nSPS) is 15.9. The Balaban J connectivity index is 1.50. The van der Waals surface area contributed by atoms with Gasteiger partial charge in [-0.2, -0.15) is 0 Å². The van der Waals surface area contributed by atoms with E-state index in [1.807, 2.05) is 54.0 Å². The molecule has 184 valence electrons. The van der Waals surface area contributed by atoms with Crippen molar-refractivity contribution in [3.8, 4) is 5.75 Å². The molecule has 0 spiro atoms. The van der Waals surface area contributed by atoms with Gasteiger partial charge in [-0.25, -0.2) is 0 Å². The standard InChI is InChI=1S/C29H28N2O4S/c1-17(2)18-6-8-19(9-7-18)26-25(27(32)24-5-4-14-36-24)28(33)29(34)31(26)13-12-20-16-30-23-11-10-21(35-3)15-22(20)23/h4-11,14-17,26,30,33H,12-13H2,1-3H3. The number of methoxy groups -OCH3 is 1. The van der Waals surface area contributed by atoms with Gasteiger partial charge in [0, 0.05) is 23.6 Å². The monoisotopic (exact) mass is 500 g/mol. The van der Waals surface area contributed by atoms with E-state index in [-0.39, 0.29) is 11.4 Å². The largest absolute Gasteiger partial charge is 0.503 e. The van der Waals surface area contributed by atoms with Crippen LogP contribution in [0, 0.1) is 0 Å². The molecule has 0 fully saturated rings. The maximum absolute atomic E-state index is 13.4. The third-order valence-corrected chi connectivity index (χ3v) is 7.68. The van der Waals surface area contributed by atoms with Crippen molar-refractivity contribution in [3.05, 3.63) is 99.1 Å². The summed E-state index contributed by atoms with van der Waals surface area (Å²) in [4.78, 5) is 32.1. The first-order valence-corrected chi connectivity index (χ1v) is 12.8. The fraction of sp³-hybridized carbons (Fsp3) is 0.241. The lowest BCUT2D eigenvalue weighted by Crippen LogP contribution is -2.33.